The van der Waals surface area contributed by atoms with E-state index in [0.29, 0.717) is 11.6 Å². The van der Waals surface area contributed by atoms with Gasteiger partial charge in [0, 0.05) is 12.6 Å². The Bertz CT molecular complexity index is 773. The fourth-order valence-corrected chi connectivity index (χ4v) is 5.41. The van der Waals surface area contributed by atoms with Gasteiger partial charge >= 0.3 is 0 Å². The van der Waals surface area contributed by atoms with Crippen molar-refractivity contribution in [3.8, 4) is 0 Å². The fourth-order valence-electron chi connectivity index (χ4n) is 3.95. The van der Waals surface area contributed by atoms with Crippen molar-refractivity contribution in [1.82, 2.24) is 4.72 Å². The van der Waals surface area contributed by atoms with E-state index in [9.17, 15) is 13.2 Å². The van der Waals surface area contributed by atoms with Crippen LogP contribution in [0.4, 0.5) is 5.69 Å². The van der Waals surface area contributed by atoms with Crippen LogP contribution in [0.5, 0.6) is 0 Å². The van der Waals surface area contributed by atoms with Gasteiger partial charge in [-0.15, -0.1) is 0 Å². The number of ether oxygens (including phenoxy) is 1. The van der Waals surface area contributed by atoms with Gasteiger partial charge in [0.05, 0.1) is 22.1 Å². The summed E-state index contributed by atoms with van der Waals surface area (Å²) in [6, 6.07) is 6.18. The number of carbonyl (C=O) groups is 1. The molecule has 1 aromatic carbocycles. The zero-order chi connectivity index (χ0) is 18.5. The minimum Gasteiger partial charge on any atom is -0.370 e. The van der Waals surface area contributed by atoms with Gasteiger partial charge in [-0.1, -0.05) is 0 Å². The summed E-state index contributed by atoms with van der Waals surface area (Å²) < 4.78 is 34.7. The van der Waals surface area contributed by atoms with Crippen LogP contribution >= 0.6 is 0 Å². The third-order valence-corrected chi connectivity index (χ3v) is 7.13. The first-order valence-corrected chi connectivity index (χ1v) is 10.1. The summed E-state index contributed by atoms with van der Waals surface area (Å²) in [5.74, 6) is 0.283. The van der Waals surface area contributed by atoms with E-state index in [0.717, 1.165) is 19.3 Å². The summed E-state index contributed by atoms with van der Waals surface area (Å²) in [5, 5.41) is 2.63. The first-order chi connectivity index (χ1) is 11.5. The third-order valence-electron chi connectivity index (χ3n) is 5.50. The molecule has 3 atom stereocenters. The van der Waals surface area contributed by atoms with Crippen molar-refractivity contribution >= 4 is 21.6 Å². The molecule has 2 fully saturated rings. The van der Waals surface area contributed by atoms with Gasteiger partial charge in [-0.2, -0.15) is 0 Å². The number of nitrogens with one attached hydrogen (secondary N) is 2. The van der Waals surface area contributed by atoms with Crippen LogP contribution in [-0.4, -0.2) is 31.6 Å². The van der Waals surface area contributed by atoms with Crippen LogP contribution in [0.15, 0.2) is 29.2 Å². The zero-order valence-electron chi connectivity index (χ0n) is 15.1. The van der Waals surface area contributed by atoms with Crippen molar-refractivity contribution in [2.75, 3.05) is 5.32 Å². The second-order valence-electron chi connectivity index (χ2n) is 7.91. The monoisotopic (exact) mass is 366 g/mol. The summed E-state index contributed by atoms with van der Waals surface area (Å²) in [6.45, 7) is 7.50. The van der Waals surface area contributed by atoms with Crippen molar-refractivity contribution in [1.29, 1.82) is 0 Å². The van der Waals surface area contributed by atoms with Crippen LogP contribution in [0.3, 0.4) is 0 Å². The molecule has 138 valence electrons. The minimum atomic E-state index is -3.67. The maximum Gasteiger partial charge on any atom is 0.241 e. The highest BCUT2D eigenvalue weighted by Crippen LogP contribution is 2.48. The van der Waals surface area contributed by atoms with Gasteiger partial charge in [0.2, 0.25) is 15.9 Å². The normalized spacial score (nSPS) is 30.9. The molecule has 3 rings (SSSR count). The van der Waals surface area contributed by atoms with Gasteiger partial charge in [-0.3, -0.25) is 4.79 Å². The largest absolute Gasteiger partial charge is 0.370 e. The molecule has 0 spiro atoms. The molecular formula is C18H26N2O4S. The number of rotatable bonds is 4. The molecule has 1 saturated carbocycles. The Morgan fingerprint density at radius 1 is 1.20 bits per heavy atom. The van der Waals surface area contributed by atoms with E-state index in [-0.39, 0.29) is 22.5 Å². The molecule has 6 nitrogen and oxygen atoms in total. The second-order valence-corrected chi connectivity index (χ2v) is 9.59. The maximum absolute atomic E-state index is 12.8. The molecule has 2 aliphatic rings. The average molecular weight is 366 g/mol. The number of hydrogen-bond acceptors (Lipinski definition) is 4. The summed E-state index contributed by atoms with van der Waals surface area (Å²) in [6.07, 6.45) is 2.47. The molecule has 1 heterocycles. The van der Waals surface area contributed by atoms with E-state index in [1.54, 1.807) is 12.1 Å². The molecule has 1 saturated heterocycles. The highest BCUT2D eigenvalue weighted by molar-refractivity contribution is 7.89. The number of hydrogen-bond donors (Lipinski definition) is 2. The Morgan fingerprint density at radius 2 is 1.84 bits per heavy atom. The topological polar surface area (TPSA) is 84.5 Å². The number of sulfonamides is 1. The van der Waals surface area contributed by atoms with E-state index in [4.69, 9.17) is 4.74 Å². The summed E-state index contributed by atoms with van der Waals surface area (Å²) in [7, 11) is -3.67. The Kier molecular flexibility index (Phi) is 4.46. The Balaban J connectivity index is 1.78. The molecule has 1 amide bonds. The molecule has 2 N–H and O–H groups in total. The first-order valence-electron chi connectivity index (χ1n) is 8.61. The van der Waals surface area contributed by atoms with Crippen LogP contribution < -0.4 is 10.0 Å². The molecule has 7 heteroatoms. The third kappa shape index (κ3) is 3.59. The molecule has 0 radical (unpaired) electrons. The summed E-state index contributed by atoms with van der Waals surface area (Å²) in [4.78, 5) is 11.3. The number of fused-ring (bicyclic) bond motifs is 2. The standard InChI is InChI=1S/C18H26N2O4S/c1-12(21)19-14-5-7-15(8-6-14)25(22,23)20-18(4)10-9-13-11-16(18)24-17(13,2)3/h5-8,13,16,20H,9-11H2,1-4H3,(H,19,21)/t13-,16-,18-/m0/s1. The van der Waals surface area contributed by atoms with E-state index in [1.165, 1.54) is 19.1 Å². The Labute approximate surface area is 149 Å². The van der Waals surface area contributed by atoms with Crippen molar-refractivity contribution in [3.05, 3.63) is 24.3 Å². The minimum absolute atomic E-state index is 0.116. The fraction of sp³-hybridized carbons (Fsp3) is 0.611. The van der Waals surface area contributed by atoms with Crippen LogP contribution in [-0.2, 0) is 19.6 Å². The quantitative estimate of drug-likeness (QED) is 0.858. The van der Waals surface area contributed by atoms with Crippen molar-refractivity contribution in [2.45, 2.75) is 69.1 Å². The lowest BCUT2D eigenvalue weighted by Gasteiger charge is -2.38. The Morgan fingerprint density at radius 3 is 2.44 bits per heavy atom. The van der Waals surface area contributed by atoms with Gasteiger partial charge in [0.15, 0.2) is 0 Å². The first kappa shape index (κ1) is 18.4. The lowest BCUT2D eigenvalue weighted by molar-refractivity contribution is -0.114. The van der Waals surface area contributed by atoms with Crippen LogP contribution in [0.2, 0.25) is 0 Å². The highest BCUT2D eigenvalue weighted by atomic mass is 32.2. The van der Waals surface area contributed by atoms with E-state index >= 15 is 0 Å². The van der Waals surface area contributed by atoms with Crippen LogP contribution in [0, 0.1) is 5.92 Å². The summed E-state index contributed by atoms with van der Waals surface area (Å²) in [5.41, 5.74) is -0.244. The molecule has 25 heavy (non-hydrogen) atoms. The average Bonchev–Trinajstić information content (AvgIpc) is 2.75. The van der Waals surface area contributed by atoms with E-state index in [2.05, 4.69) is 23.9 Å². The van der Waals surface area contributed by atoms with Gasteiger partial charge in [-0.25, -0.2) is 13.1 Å². The molecule has 1 aromatic rings. The molecular weight excluding hydrogens is 340 g/mol. The predicted octanol–water partition coefficient (Wildman–Crippen LogP) is 2.66. The Hall–Kier alpha value is -1.44. The van der Waals surface area contributed by atoms with Crippen molar-refractivity contribution in [3.63, 3.8) is 0 Å². The van der Waals surface area contributed by atoms with Gasteiger partial charge in [-0.05, 0) is 70.2 Å². The number of carbonyl (C=O) groups excluding carboxylic acids is 1. The number of anilines is 1. The van der Waals surface area contributed by atoms with Crippen molar-refractivity contribution < 1.29 is 17.9 Å². The lowest BCUT2D eigenvalue weighted by Crippen LogP contribution is -2.55. The maximum atomic E-state index is 12.8. The highest BCUT2D eigenvalue weighted by Gasteiger charge is 2.54. The zero-order valence-corrected chi connectivity index (χ0v) is 15.9. The molecule has 2 bridgehead atoms. The van der Waals surface area contributed by atoms with Crippen LogP contribution in [0.25, 0.3) is 0 Å². The van der Waals surface area contributed by atoms with Crippen LogP contribution in [0.1, 0.15) is 47.0 Å². The summed E-state index contributed by atoms with van der Waals surface area (Å²) >= 11 is 0. The van der Waals surface area contributed by atoms with E-state index in [1.807, 2.05) is 6.92 Å². The van der Waals surface area contributed by atoms with Gasteiger partial charge in [0.1, 0.15) is 0 Å². The number of benzene rings is 1. The molecule has 1 aliphatic carbocycles. The lowest BCUT2D eigenvalue weighted by atomic mass is 9.74. The van der Waals surface area contributed by atoms with Crippen molar-refractivity contribution in [2.24, 2.45) is 5.92 Å². The smallest absolute Gasteiger partial charge is 0.241 e. The SMILES string of the molecule is CC(=O)Nc1ccc(S(=O)(=O)N[C@@]2(C)CC[C@H]3C[C@@H]2OC3(C)C)cc1. The molecule has 0 unspecified atom stereocenters. The van der Waals surface area contributed by atoms with Gasteiger partial charge in [0.25, 0.3) is 0 Å². The van der Waals surface area contributed by atoms with E-state index < -0.39 is 15.6 Å². The molecule has 0 aromatic heterocycles. The van der Waals surface area contributed by atoms with Gasteiger partial charge < -0.3 is 10.1 Å². The number of amides is 1. The predicted molar refractivity (Wildman–Crippen MR) is 95.8 cm³/mol. The molecule has 1 aliphatic heterocycles. The second kappa shape index (κ2) is 6.07.